The number of carbonyl (C=O) groups is 1. The van der Waals surface area contributed by atoms with E-state index in [0.717, 1.165) is 30.7 Å². The average Bonchev–Trinajstić information content (AvgIpc) is 3.41. The van der Waals surface area contributed by atoms with Gasteiger partial charge in [0.2, 0.25) is 5.91 Å². The Labute approximate surface area is 151 Å². The molecular weight excluding hydrogens is 330 g/mol. The number of furan rings is 2. The Kier molecular flexibility index (Phi) is 4.48. The van der Waals surface area contributed by atoms with Gasteiger partial charge < -0.3 is 13.7 Å². The number of amides is 1. The zero-order valence-corrected chi connectivity index (χ0v) is 14.7. The molecule has 3 heterocycles. The molecule has 0 N–H and O–H groups in total. The van der Waals surface area contributed by atoms with Crippen molar-refractivity contribution in [3.63, 3.8) is 0 Å². The normalized spacial score (nSPS) is 13.4. The molecule has 0 fully saturated rings. The minimum absolute atomic E-state index is 0.102. The van der Waals surface area contributed by atoms with Crippen LogP contribution in [0.5, 0.6) is 0 Å². The molecule has 6 heteroatoms. The fourth-order valence-corrected chi connectivity index (χ4v) is 3.45. The number of carbonyl (C=O) groups excluding carboxylic acids is 1. The molecule has 134 valence electrons. The summed E-state index contributed by atoms with van der Waals surface area (Å²) in [6.45, 7) is 0.866. The minimum Gasteiger partial charge on any atom is -0.467 e. The first-order chi connectivity index (χ1) is 12.7. The Morgan fingerprint density at radius 2 is 2.08 bits per heavy atom. The Bertz CT molecular complexity index is 905. The van der Waals surface area contributed by atoms with Crippen LogP contribution >= 0.6 is 0 Å². The van der Waals surface area contributed by atoms with Crippen molar-refractivity contribution in [3.8, 4) is 0 Å². The van der Waals surface area contributed by atoms with Crippen molar-refractivity contribution < 1.29 is 13.6 Å². The smallest absolute Gasteiger partial charge is 0.247 e. The molecule has 1 amide bonds. The summed E-state index contributed by atoms with van der Waals surface area (Å²) in [5, 5.41) is 4.64. The lowest BCUT2D eigenvalue weighted by Gasteiger charge is -2.19. The average molecular weight is 351 g/mol. The quantitative estimate of drug-likeness (QED) is 0.639. The molecule has 1 aliphatic rings. The highest BCUT2D eigenvalue weighted by Crippen LogP contribution is 2.26. The predicted molar refractivity (Wildman–Crippen MR) is 95.9 cm³/mol. The minimum atomic E-state index is -0.102. The van der Waals surface area contributed by atoms with Crippen molar-refractivity contribution in [2.45, 2.75) is 32.4 Å². The van der Waals surface area contributed by atoms with Gasteiger partial charge in [-0.2, -0.15) is 5.10 Å². The van der Waals surface area contributed by atoms with Crippen LogP contribution in [0, 0.1) is 0 Å². The maximum Gasteiger partial charge on any atom is 0.247 e. The molecule has 0 aromatic carbocycles. The number of nitrogens with zero attached hydrogens (tertiary/aromatic N) is 3. The second kappa shape index (κ2) is 7.07. The maximum atomic E-state index is 12.8. The van der Waals surface area contributed by atoms with Crippen LogP contribution < -0.4 is 0 Å². The van der Waals surface area contributed by atoms with Crippen LogP contribution in [-0.4, -0.2) is 20.6 Å². The van der Waals surface area contributed by atoms with E-state index < -0.39 is 0 Å². The van der Waals surface area contributed by atoms with Crippen LogP contribution in [0.1, 0.15) is 34.9 Å². The van der Waals surface area contributed by atoms with Gasteiger partial charge >= 0.3 is 0 Å². The number of aromatic nitrogens is 2. The molecule has 1 aliphatic carbocycles. The fraction of sp³-hybridized carbons (Fsp3) is 0.300. The zero-order chi connectivity index (χ0) is 17.9. The van der Waals surface area contributed by atoms with Crippen molar-refractivity contribution in [1.29, 1.82) is 0 Å². The Morgan fingerprint density at radius 3 is 2.85 bits per heavy atom. The third kappa shape index (κ3) is 3.35. The van der Waals surface area contributed by atoms with Gasteiger partial charge in [-0.15, -0.1) is 0 Å². The number of rotatable bonds is 6. The van der Waals surface area contributed by atoms with Crippen molar-refractivity contribution >= 4 is 12.0 Å². The maximum absolute atomic E-state index is 12.8. The largest absolute Gasteiger partial charge is 0.467 e. The van der Waals surface area contributed by atoms with Gasteiger partial charge in [-0.3, -0.25) is 9.48 Å². The number of hydrogen-bond donors (Lipinski definition) is 0. The van der Waals surface area contributed by atoms with Gasteiger partial charge in [-0.05, 0) is 55.2 Å². The highest BCUT2D eigenvalue weighted by molar-refractivity contribution is 5.91. The van der Waals surface area contributed by atoms with Crippen LogP contribution in [0.4, 0.5) is 0 Å². The molecule has 6 nitrogen and oxygen atoms in total. The molecule has 26 heavy (non-hydrogen) atoms. The molecule has 0 unspecified atom stereocenters. The van der Waals surface area contributed by atoms with Crippen molar-refractivity contribution in [2.75, 3.05) is 0 Å². The summed E-state index contributed by atoms with van der Waals surface area (Å²) >= 11 is 0. The molecule has 0 atom stereocenters. The van der Waals surface area contributed by atoms with Crippen molar-refractivity contribution in [1.82, 2.24) is 14.7 Å². The SMILES string of the molecule is Cn1nc(CN(Cc2ccco2)C(=O)/C=C/c2ccco2)c2c1CCC2. The van der Waals surface area contributed by atoms with E-state index in [-0.39, 0.29) is 5.91 Å². The van der Waals surface area contributed by atoms with E-state index in [9.17, 15) is 4.79 Å². The fourth-order valence-electron chi connectivity index (χ4n) is 3.45. The first-order valence-electron chi connectivity index (χ1n) is 8.77. The Morgan fingerprint density at radius 1 is 1.23 bits per heavy atom. The van der Waals surface area contributed by atoms with E-state index in [1.807, 2.05) is 29.9 Å². The number of fused-ring (bicyclic) bond motifs is 1. The second-order valence-electron chi connectivity index (χ2n) is 6.47. The van der Waals surface area contributed by atoms with Gasteiger partial charge in [0.15, 0.2) is 0 Å². The summed E-state index contributed by atoms with van der Waals surface area (Å²) in [5.74, 6) is 1.29. The molecule has 3 aromatic heterocycles. The first kappa shape index (κ1) is 16.4. The van der Waals surface area contributed by atoms with E-state index in [2.05, 4.69) is 5.10 Å². The molecule has 4 rings (SSSR count). The van der Waals surface area contributed by atoms with E-state index in [0.29, 0.717) is 18.8 Å². The molecule has 0 bridgehead atoms. The lowest BCUT2D eigenvalue weighted by Crippen LogP contribution is -2.29. The highest BCUT2D eigenvalue weighted by Gasteiger charge is 2.24. The Hall–Kier alpha value is -3.02. The summed E-state index contributed by atoms with van der Waals surface area (Å²) in [5.41, 5.74) is 3.56. The van der Waals surface area contributed by atoms with Gasteiger partial charge in [0.1, 0.15) is 11.5 Å². The third-order valence-electron chi connectivity index (χ3n) is 4.71. The summed E-state index contributed by atoms with van der Waals surface area (Å²) in [4.78, 5) is 14.5. The molecule has 0 spiro atoms. The second-order valence-corrected chi connectivity index (χ2v) is 6.47. The van der Waals surface area contributed by atoms with Gasteiger partial charge in [-0.25, -0.2) is 0 Å². The van der Waals surface area contributed by atoms with Crippen LogP contribution in [0.15, 0.2) is 51.7 Å². The van der Waals surface area contributed by atoms with Gasteiger partial charge in [0.05, 0.1) is 31.3 Å². The Balaban J connectivity index is 1.56. The lowest BCUT2D eigenvalue weighted by atomic mass is 10.2. The molecule has 0 aliphatic heterocycles. The van der Waals surface area contributed by atoms with Crippen molar-refractivity contribution in [3.05, 3.63) is 71.3 Å². The topological polar surface area (TPSA) is 64.4 Å². The van der Waals surface area contributed by atoms with Crippen LogP contribution in [0.2, 0.25) is 0 Å². The van der Waals surface area contributed by atoms with E-state index in [4.69, 9.17) is 8.83 Å². The van der Waals surface area contributed by atoms with Gasteiger partial charge in [0.25, 0.3) is 0 Å². The lowest BCUT2D eigenvalue weighted by molar-refractivity contribution is -0.127. The van der Waals surface area contributed by atoms with Crippen LogP contribution in [0.25, 0.3) is 6.08 Å². The van der Waals surface area contributed by atoms with Crippen LogP contribution in [-0.2, 0) is 37.8 Å². The van der Waals surface area contributed by atoms with Gasteiger partial charge in [-0.1, -0.05) is 0 Å². The zero-order valence-electron chi connectivity index (χ0n) is 14.7. The van der Waals surface area contributed by atoms with E-state index >= 15 is 0 Å². The summed E-state index contributed by atoms with van der Waals surface area (Å²) in [6, 6.07) is 7.31. The standard InChI is InChI=1S/C20H21N3O3/c1-22-19-8-2-7-17(19)18(21-22)14-23(13-16-6-4-12-26-16)20(24)10-9-15-5-3-11-25-15/h3-6,9-12H,2,7-8,13-14H2,1H3/b10-9+. The molecule has 0 saturated heterocycles. The van der Waals surface area contributed by atoms with E-state index in [1.165, 1.54) is 17.3 Å². The summed E-state index contributed by atoms with van der Waals surface area (Å²) in [6.07, 6.45) is 9.66. The van der Waals surface area contributed by atoms with Crippen LogP contribution in [0.3, 0.4) is 0 Å². The first-order valence-corrected chi connectivity index (χ1v) is 8.77. The molecule has 0 saturated carbocycles. The molecular formula is C20H21N3O3. The van der Waals surface area contributed by atoms with Gasteiger partial charge in [0, 0.05) is 18.8 Å². The van der Waals surface area contributed by atoms with Crippen molar-refractivity contribution in [2.24, 2.45) is 7.05 Å². The highest BCUT2D eigenvalue weighted by atomic mass is 16.3. The predicted octanol–water partition coefficient (Wildman–Crippen LogP) is 3.34. The third-order valence-corrected chi connectivity index (χ3v) is 4.71. The summed E-state index contributed by atoms with van der Waals surface area (Å²) < 4.78 is 12.6. The molecule has 3 aromatic rings. The number of hydrogen-bond acceptors (Lipinski definition) is 4. The monoisotopic (exact) mass is 351 g/mol. The van der Waals surface area contributed by atoms with E-state index in [1.54, 1.807) is 29.6 Å². The number of aryl methyl sites for hydroxylation is 1. The molecule has 0 radical (unpaired) electrons. The summed E-state index contributed by atoms with van der Waals surface area (Å²) in [7, 11) is 1.98.